The Morgan fingerprint density at radius 2 is 0.879 bits per heavy atom. The van der Waals surface area contributed by atoms with Gasteiger partial charge in [0, 0.05) is 12.8 Å². The van der Waals surface area contributed by atoms with Gasteiger partial charge in [-0.05, 0) is 38.5 Å². The van der Waals surface area contributed by atoms with E-state index in [1.807, 2.05) is 21.1 Å². The number of unbranched alkanes of at least 4 members (excludes halogenated alkanes) is 29. The lowest BCUT2D eigenvalue weighted by Gasteiger charge is -2.24. The van der Waals surface area contributed by atoms with Gasteiger partial charge in [0.05, 0.1) is 27.7 Å². The molecule has 0 bridgehead atoms. The van der Waals surface area contributed by atoms with Gasteiger partial charge in [0.25, 0.3) is 0 Å². The van der Waals surface area contributed by atoms with Gasteiger partial charge in [-0.1, -0.05) is 193 Å². The average Bonchev–Trinajstić information content (AvgIpc) is 3.17. The van der Waals surface area contributed by atoms with E-state index in [1.165, 1.54) is 148 Å². The van der Waals surface area contributed by atoms with Crippen molar-refractivity contribution >= 4 is 19.8 Å². The summed E-state index contributed by atoms with van der Waals surface area (Å²) in [5.41, 5.74) is 0. The number of esters is 2. The van der Waals surface area contributed by atoms with Gasteiger partial charge in [-0.15, -0.1) is 0 Å². The van der Waals surface area contributed by atoms with Crippen LogP contribution in [0.25, 0.3) is 0 Å². The average molecular weight is 845 g/mol. The first-order valence-corrected chi connectivity index (χ1v) is 25.9. The van der Waals surface area contributed by atoms with Gasteiger partial charge >= 0.3 is 19.8 Å². The summed E-state index contributed by atoms with van der Waals surface area (Å²) in [5.74, 6) is -0.795. The van der Waals surface area contributed by atoms with Crippen LogP contribution in [0.5, 0.6) is 0 Å². The SMILES string of the molecule is CCCCCCC/C=C\CCCCCCCC(=O)OC(COC(=O)CCCCCCCCCCCCCCCCCCCCCC)COP(=O)(O)OCC[N+](C)(C)C. The molecular formula is C48H95NO8P+. The van der Waals surface area contributed by atoms with Gasteiger partial charge in [-0.2, -0.15) is 0 Å². The Bertz CT molecular complexity index is 1000. The summed E-state index contributed by atoms with van der Waals surface area (Å²) >= 11 is 0. The van der Waals surface area contributed by atoms with Crippen LogP contribution in [-0.4, -0.2) is 74.9 Å². The van der Waals surface area contributed by atoms with Crippen LogP contribution in [0.15, 0.2) is 12.2 Å². The first kappa shape index (κ1) is 56.8. The van der Waals surface area contributed by atoms with Gasteiger partial charge in [-0.3, -0.25) is 18.6 Å². The zero-order valence-electron chi connectivity index (χ0n) is 38.8. The molecule has 0 saturated carbocycles. The summed E-state index contributed by atoms with van der Waals surface area (Å²) in [4.78, 5) is 35.4. The number of hydrogen-bond acceptors (Lipinski definition) is 7. The summed E-state index contributed by atoms with van der Waals surface area (Å²) < 4.78 is 34.4. The van der Waals surface area contributed by atoms with Crippen molar-refractivity contribution in [2.45, 2.75) is 238 Å². The minimum Gasteiger partial charge on any atom is -0.462 e. The van der Waals surface area contributed by atoms with Gasteiger partial charge in [0.15, 0.2) is 6.10 Å². The van der Waals surface area contributed by atoms with E-state index in [0.29, 0.717) is 23.9 Å². The first-order valence-electron chi connectivity index (χ1n) is 24.4. The van der Waals surface area contributed by atoms with E-state index in [-0.39, 0.29) is 25.6 Å². The van der Waals surface area contributed by atoms with E-state index in [9.17, 15) is 19.0 Å². The lowest BCUT2D eigenvalue weighted by atomic mass is 10.0. The van der Waals surface area contributed by atoms with Crippen molar-refractivity contribution in [3.63, 3.8) is 0 Å². The molecule has 0 aromatic heterocycles. The molecule has 2 atom stereocenters. The number of quaternary nitrogens is 1. The number of hydrogen-bond donors (Lipinski definition) is 1. The number of phosphoric acid groups is 1. The molecule has 0 rings (SSSR count). The van der Waals surface area contributed by atoms with Crippen molar-refractivity contribution in [1.29, 1.82) is 0 Å². The second-order valence-electron chi connectivity index (χ2n) is 17.9. The maximum atomic E-state index is 12.7. The normalized spacial score (nSPS) is 13.6. The number of nitrogens with zero attached hydrogens (tertiary/aromatic N) is 1. The molecule has 0 spiro atoms. The third-order valence-corrected chi connectivity index (χ3v) is 11.8. The van der Waals surface area contributed by atoms with Crippen LogP contribution in [-0.2, 0) is 32.7 Å². The smallest absolute Gasteiger partial charge is 0.462 e. The second-order valence-corrected chi connectivity index (χ2v) is 19.3. The molecule has 10 heteroatoms. The Labute approximate surface area is 358 Å². The Morgan fingerprint density at radius 1 is 0.517 bits per heavy atom. The number of phosphoric ester groups is 1. The molecule has 0 aliphatic carbocycles. The molecule has 0 aromatic carbocycles. The zero-order valence-corrected chi connectivity index (χ0v) is 39.7. The van der Waals surface area contributed by atoms with Crippen molar-refractivity contribution < 1.29 is 42.1 Å². The molecular weight excluding hydrogens is 750 g/mol. The molecule has 0 aromatic rings. The summed E-state index contributed by atoms with van der Waals surface area (Å²) in [6.07, 6.45) is 44.0. The Morgan fingerprint density at radius 3 is 1.28 bits per heavy atom. The highest BCUT2D eigenvalue weighted by molar-refractivity contribution is 7.47. The van der Waals surface area contributed by atoms with Gasteiger partial charge < -0.3 is 18.9 Å². The van der Waals surface area contributed by atoms with E-state index in [0.717, 1.165) is 51.4 Å². The summed E-state index contributed by atoms with van der Waals surface area (Å²) in [7, 11) is 1.48. The fraction of sp³-hybridized carbons (Fsp3) is 0.917. The molecule has 0 radical (unpaired) electrons. The van der Waals surface area contributed by atoms with Crippen molar-refractivity contribution in [3.05, 3.63) is 12.2 Å². The third kappa shape index (κ3) is 44.3. The molecule has 0 fully saturated rings. The van der Waals surface area contributed by atoms with Crippen LogP contribution in [0, 0.1) is 0 Å². The highest BCUT2D eigenvalue weighted by Gasteiger charge is 2.27. The van der Waals surface area contributed by atoms with Crippen LogP contribution < -0.4 is 0 Å². The van der Waals surface area contributed by atoms with Crippen LogP contribution in [0.2, 0.25) is 0 Å². The summed E-state index contributed by atoms with van der Waals surface area (Å²) in [6.45, 7) is 4.44. The van der Waals surface area contributed by atoms with E-state index in [4.69, 9.17) is 18.5 Å². The largest absolute Gasteiger partial charge is 0.472 e. The van der Waals surface area contributed by atoms with Crippen LogP contribution in [0.3, 0.4) is 0 Å². The Hall–Kier alpha value is -1.25. The van der Waals surface area contributed by atoms with Crippen molar-refractivity contribution in [3.8, 4) is 0 Å². The molecule has 0 saturated heterocycles. The fourth-order valence-electron chi connectivity index (χ4n) is 6.95. The first-order chi connectivity index (χ1) is 28.0. The van der Waals surface area contributed by atoms with Crippen LogP contribution >= 0.6 is 7.82 Å². The van der Waals surface area contributed by atoms with E-state index in [2.05, 4.69) is 26.0 Å². The highest BCUT2D eigenvalue weighted by atomic mass is 31.2. The lowest BCUT2D eigenvalue weighted by Crippen LogP contribution is -2.37. The molecule has 0 heterocycles. The number of allylic oxidation sites excluding steroid dienone is 2. The van der Waals surface area contributed by atoms with Crippen LogP contribution in [0.4, 0.5) is 0 Å². The van der Waals surface area contributed by atoms with Crippen molar-refractivity contribution in [2.75, 3.05) is 47.5 Å². The maximum Gasteiger partial charge on any atom is 0.472 e. The summed E-state index contributed by atoms with van der Waals surface area (Å²) in [5, 5.41) is 0. The minimum atomic E-state index is -4.37. The Balaban J connectivity index is 4.23. The molecule has 58 heavy (non-hydrogen) atoms. The number of likely N-dealkylation sites (N-methyl/N-ethyl adjacent to an activating group) is 1. The molecule has 9 nitrogen and oxygen atoms in total. The molecule has 344 valence electrons. The molecule has 1 N–H and O–H groups in total. The summed E-state index contributed by atoms with van der Waals surface area (Å²) in [6, 6.07) is 0. The maximum absolute atomic E-state index is 12.7. The van der Waals surface area contributed by atoms with E-state index >= 15 is 0 Å². The number of ether oxygens (including phenoxy) is 2. The van der Waals surface area contributed by atoms with Crippen LogP contribution in [0.1, 0.15) is 232 Å². The Kier molecular flexibility index (Phi) is 40.2. The minimum absolute atomic E-state index is 0.0333. The molecule has 2 unspecified atom stereocenters. The van der Waals surface area contributed by atoms with Crippen molar-refractivity contribution in [2.24, 2.45) is 0 Å². The molecule has 0 amide bonds. The zero-order chi connectivity index (χ0) is 42.8. The fourth-order valence-corrected chi connectivity index (χ4v) is 7.69. The quantitative estimate of drug-likeness (QED) is 0.0212. The monoisotopic (exact) mass is 845 g/mol. The highest BCUT2D eigenvalue weighted by Crippen LogP contribution is 2.43. The predicted octanol–water partition coefficient (Wildman–Crippen LogP) is 14.1. The molecule has 0 aliphatic rings. The van der Waals surface area contributed by atoms with E-state index < -0.39 is 26.5 Å². The van der Waals surface area contributed by atoms with Gasteiger partial charge in [0.2, 0.25) is 0 Å². The van der Waals surface area contributed by atoms with Gasteiger partial charge in [-0.25, -0.2) is 4.57 Å². The lowest BCUT2D eigenvalue weighted by molar-refractivity contribution is -0.870. The predicted molar refractivity (Wildman–Crippen MR) is 243 cm³/mol. The molecule has 0 aliphatic heterocycles. The second kappa shape index (κ2) is 41.1. The number of carbonyl (C=O) groups excluding carboxylic acids is 2. The number of carbonyl (C=O) groups is 2. The third-order valence-electron chi connectivity index (χ3n) is 10.8. The topological polar surface area (TPSA) is 108 Å². The standard InChI is InChI=1S/C48H94NO8P/c1-6-8-10-12-14-16-18-20-22-23-24-25-26-27-29-30-32-34-36-38-40-47(50)54-44-46(45-56-58(52,53)55-43-42-49(3,4)5)57-48(51)41-39-37-35-33-31-28-21-19-17-15-13-11-9-7-2/h19,21,46H,6-18,20,22-45H2,1-5H3/p+1/b21-19-. The van der Waals surface area contributed by atoms with E-state index in [1.54, 1.807) is 0 Å². The van der Waals surface area contributed by atoms with Gasteiger partial charge in [0.1, 0.15) is 19.8 Å². The van der Waals surface area contributed by atoms with Crippen molar-refractivity contribution in [1.82, 2.24) is 0 Å². The number of rotatable bonds is 45.